The minimum absolute atomic E-state index is 0.0221. The smallest absolute Gasteiger partial charge is 0.255 e. The van der Waals surface area contributed by atoms with Gasteiger partial charge in [-0.05, 0) is 32.0 Å². The highest BCUT2D eigenvalue weighted by molar-refractivity contribution is 6.04. The van der Waals surface area contributed by atoms with Gasteiger partial charge in [0.2, 0.25) is 0 Å². The van der Waals surface area contributed by atoms with Crippen molar-refractivity contribution in [2.75, 3.05) is 5.32 Å². The van der Waals surface area contributed by atoms with Crippen LogP contribution in [-0.4, -0.2) is 11.1 Å². The lowest BCUT2D eigenvalue weighted by molar-refractivity contribution is 0.102. The molecular formula is C12H10F2N2O2. The molecule has 18 heavy (non-hydrogen) atoms. The zero-order chi connectivity index (χ0) is 13.3. The normalized spacial score (nSPS) is 10.4. The highest BCUT2D eigenvalue weighted by Crippen LogP contribution is 2.20. The first kappa shape index (κ1) is 12.2. The molecule has 0 aliphatic carbocycles. The lowest BCUT2D eigenvalue weighted by Crippen LogP contribution is -2.13. The summed E-state index contributed by atoms with van der Waals surface area (Å²) in [7, 11) is 0. The molecule has 4 nitrogen and oxygen atoms in total. The summed E-state index contributed by atoms with van der Waals surface area (Å²) in [5, 5.41) is 6.21. The average Bonchev–Trinajstić information content (AvgIpc) is 2.64. The van der Waals surface area contributed by atoms with Gasteiger partial charge in [-0.3, -0.25) is 4.79 Å². The van der Waals surface area contributed by atoms with Crippen molar-refractivity contribution in [3.05, 3.63) is 46.9 Å². The van der Waals surface area contributed by atoms with Gasteiger partial charge < -0.3 is 9.84 Å². The van der Waals surface area contributed by atoms with Gasteiger partial charge in [0, 0.05) is 5.56 Å². The molecular weight excluding hydrogens is 242 g/mol. The van der Waals surface area contributed by atoms with E-state index in [4.69, 9.17) is 4.52 Å². The number of amides is 1. The van der Waals surface area contributed by atoms with Gasteiger partial charge in [0.1, 0.15) is 11.4 Å². The van der Waals surface area contributed by atoms with Crippen molar-refractivity contribution in [3.8, 4) is 0 Å². The van der Waals surface area contributed by atoms with E-state index < -0.39 is 17.5 Å². The molecule has 1 N–H and O–H groups in total. The summed E-state index contributed by atoms with van der Waals surface area (Å²) in [6.45, 7) is 3.30. The summed E-state index contributed by atoms with van der Waals surface area (Å²) in [6, 6.07) is 2.94. The molecule has 0 saturated carbocycles. The Labute approximate surface area is 102 Å². The number of carbonyl (C=O) groups excluding carboxylic acids is 1. The van der Waals surface area contributed by atoms with Gasteiger partial charge in [0.25, 0.3) is 5.91 Å². The number of aromatic nitrogens is 1. The van der Waals surface area contributed by atoms with E-state index in [2.05, 4.69) is 10.5 Å². The SMILES string of the molecule is Cc1noc(C)c1NC(=O)c1ccc(F)c(F)c1. The van der Waals surface area contributed by atoms with Crippen molar-refractivity contribution >= 4 is 11.6 Å². The second-order valence-electron chi connectivity index (χ2n) is 3.78. The highest BCUT2D eigenvalue weighted by atomic mass is 19.2. The van der Waals surface area contributed by atoms with Crippen LogP contribution >= 0.6 is 0 Å². The third-order valence-corrected chi connectivity index (χ3v) is 2.45. The fourth-order valence-corrected chi connectivity index (χ4v) is 1.48. The maximum atomic E-state index is 13.0. The predicted molar refractivity (Wildman–Crippen MR) is 60.3 cm³/mol. The summed E-state index contributed by atoms with van der Waals surface area (Å²) in [5.41, 5.74) is 0.974. The first-order chi connectivity index (χ1) is 8.49. The molecule has 94 valence electrons. The monoisotopic (exact) mass is 252 g/mol. The van der Waals surface area contributed by atoms with Crippen LogP contribution in [0.25, 0.3) is 0 Å². The van der Waals surface area contributed by atoms with Gasteiger partial charge in [-0.2, -0.15) is 0 Å². The molecule has 1 heterocycles. The molecule has 0 atom stereocenters. The molecule has 2 rings (SSSR count). The van der Waals surface area contributed by atoms with Gasteiger partial charge in [-0.1, -0.05) is 5.16 Å². The van der Waals surface area contributed by atoms with Crippen LogP contribution in [0.15, 0.2) is 22.7 Å². The van der Waals surface area contributed by atoms with Crippen molar-refractivity contribution in [2.45, 2.75) is 13.8 Å². The Morgan fingerprint density at radius 3 is 2.56 bits per heavy atom. The fraction of sp³-hybridized carbons (Fsp3) is 0.167. The topological polar surface area (TPSA) is 55.1 Å². The van der Waals surface area contributed by atoms with Gasteiger partial charge >= 0.3 is 0 Å². The number of hydrogen-bond acceptors (Lipinski definition) is 3. The molecule has 0 radical (unpaired) electrons. The number of nitrogens with one attached hydrogen (secondary N) is 1. The molecule has 1 aromatic heterocycles. The fourth-order valence-electron chi connectivity index (χ4n) is 1.48. The van der Waals surface area contributed by atoms with Crippen LogP contribution in [0.2, 0.25) is 0 Å². The van der Waals surface area contributed by atoms with Crippen LogP contribution in [0, 0.1) is 25.5 Å². The quantitative estimate of drug-likeness (QED) is 0.894. The number of rotatable bonds is 2. The van der Waals surface area contributed by atoms with Crippen molar-refractivity contribution < 1.29 is 18.1 Å². The zero-order valence-corrected chi connectivity index (χ0v) is 9.75. The molecule has 6 heteroatoms. The van der Waals surface area contributed by atoms with E-state index in [9.17, 15) is 13.6 Å². The molecule has 0 spiro atoms. The molecule has 0 fully saturated rings. The Bertz CT molecular complexity index is 589. The van der Waals surface area contributed by atoms with Gasteiger partial charge in [-0.25, -0.2) is 8.78 Å². The van der Waals surface area contributed by atoms with Crippen molar-refractivity contribution in [1.29, 1.82) is 0 Å². The van der Waals surface area contributed by atoms with Crippen LogP contribution < -0.4 is 5.32 Å². The van der Waals surface area contributed by atoms with Gasteiger partial charge in [0.05, 0.1) is 0 Å². The van der Waals surface area contributed by atoms with E-state index in [1.54, 1.807) is 13.8 Å². The predicted octanol–water partition coefficient (Wildman–Crippen LogP) is 2.82. The summed E-state index contributed by atoms with van der Waals surface area (Å²) >= 11 is 0. The van der Waals surface area contributed by atoms with E-state index in [1.807, 2.05) is 0 Å². The number of benzene rings is 1. The first-order valence-electron chi connectivity index (χ1n) is 5.18. The Hall–Kier alpha value is -2.24. The number of anilines is 1. The summed E-state index contributed by atoms with van der Waals surface area (Å²) < 4.78 is 30.6. The minimum Gasteiger partial charge on any atom is -0.359 e. The number of aryl methyl sites for hydroxylation is 2. The molecule has 0 aliphatic heterocycles. The Morgan fingerprint density at radius 1 is 1.28 bits per heavy atom. The van der Waals surface area contributed by atoms with Crippen LogP contribution in [0.4, 0.5) is 14.5 Å². The Kier molecular flexibility index (Phi) is 3.10. The number of carbonyl (C=O) groups is 1. The van der Waals surface area contributed by atoms with Crippen LogP contribution in [-0.2, 0) is 0 Å². The Balaban J connectivity index is 2.25. The standard InChI is InChI=1S/C12H10F2N2O2/c1-6-11(7(2)18-16-6)15-12(17)8-3-4-9(13)10(14)5-8/h3-5H,1-2H3,(H,15,17). The van der Waals surface area contributed by atoms with Crippen molar-refractivity contribution in [2.24, 2.45) is 0 Å². The van der Waals surface area contributed by atoms with E-state index in [-0.39, 0.29) is 5.56 Å². The average molecular weight is 252 g/mol. The minimum atomic E-state index is -1.07. The zero-order valence-electron chi connectivity index (χ0n) is 9.75. The first-order valence-corrected chi connectivity index (χ1v) is 5.18. The number of hydrogen-bond donors (Lipinski definition) is 1. The van der Waals surface area contributed by atoms with Crippen molar-refractivity contribution in [1.82, 2.24) is 5.16 Å². The molecule has 2 aromatic rings. The maximum Gasteiger partial charge on any atom is 0.255 e. The maximum absolute atomic E-state index is 13.0. The van der Waals surface area contributed by atoms with Crippen LogP contribution in [0.5, 0.6) is 0 Å². The van der Waals surface area contributed by atoms with Gasteiger partial charge in [0.15, 0.2) is 17.4 Å². The third kappa shape index (κ3) is 2.22. The lowest BCUT2D eigenvalue weighted by Gasteiger charge is -2.04. The lowest BCUT2D eigenvalue weighted by atomic mass is 10.2. The Morgan fingerprint density at radius 2 is 2.00 bits per heavy atom. The molecule has 1 aromatic carbocycles. The molecule has 0 unspecified atom stereocenters. The second-order valence-corrected chi connectivity index (χ2v) is 3.78. The number of halogens is 2. The highest BCUT2D eigenvalue weighted by Gasteiger charge is 2.15. The molecule has 0 bridgehead atoms. The van der Waals surface area contributed by atoms with Crippen LogP contribution in [0.1, 0.15) is 21.8 Å². The van der Waals surface area contributed by atoms with Crippen LogP contribution in [0.3, 0.4) is 0 Å². The number of nitrogens with zero attached hydrogens (tertiary/aromatic N) is 1. The molecule has 1 amide bonds. The van der Waals surface area contributed by atoms with E-state index in [0.717, 1.165) is 12.1 Å². The van der Waals surface area contributed by atoms with E-state index in [0.29, 0.717) is 17.1 Å². The van der Waals surface area contributed by atoms with E-state index in [1.165, 1.54) is 6.07 Å². The van der Waals surface area contributed by atoms with E-state index >= 15 is 0 Å². The summed E-state index contributed by atoms with van der Waals surface area (Å²) in [6.07, 6.45) is 0. The van der Waals surface area contributed by atoms with Crippen molar-refractivity contribution in [3.63, 3.8) is 0 Å². The molecule has 0 saturated heterocycles. The van der Waals surface area contributed by atoms with Gasteiger partial charge in [-0.15, -0.1) is 0 Å². The summed E-state index contributed by atoms with van der Waals surface area (Å²) in [4.78, 5) is 11.8. The second kappa shape index (κ2) is 4.56. The third-order valence-electron chi connectivity index (χ3n) is 2.45. The molecule has 0 aliphatic rings. The largest absolute Gasteiger partial charge is 0.359 e. The summed E-state index contributed by atoms with van der Waals surface area (Å²) in [5.74, 6) is -2.17.